The maximum atomic E-state index is 10.5. The van der Waals surface area contributed by atoms with E-state index in [0.717, 1.165) is 5.56 Å². The van der Waals surface area contributed by atoms with Crippen LogP contribution in [-0.2, 0) is 4.79 Å². The molecule has 10 heteroatoms. The molecule has 0 amide bonds. The van der Waals surface area contributed by atoms with Crippen molar-refractivity contribution in [2.75, 3.05) is 23.8 Å². The van der Waals surface area contributed by atoms with Gasteiger partial charge in [0.25, 0.3) is 0 Å². The van der Waals surface area contributed by atoms with Crippen molar-refractivity contribution in [3.8, 4) is 17.0 Å². The lowest BCUT2D eigenvalue weighted by atomic mass is 10.1. The Hall–Kier alpha value is -3.69. The summed E-state index contributed by atoms with van der Waals surface area (Å²) < 4.78 is 5.60. The Kier molecular flexibility index (Phi) is 5.15. The first-order chi connectivity index (χ1) is 12.9. The van der Waals surface area contributed by atoms with E-state index in [2.05, 4.69) is 19.9 Å². The zero-order valence-electron chi connectivity index (χ0n) is 14.4. The Balaban J connectivity index is 1.75. The minimum Gasteiger partial charge on any atom is -0.494 e. The number of carboxylic acid groups (broad SMARTS) is 1. The second-order valence-corrected chi connectivity index (χ2v) is 5.82. The van der Waals surface area contributed by atoms with Gasteiger partial charge in [-0.25, -0.2) is 9.97 Å². The number of anilines is 3. The van der Waals surface area contributed by atoms with Gasteiger partial charge in [0.1, 0.15) is 11.4 Å². The molecule has 27 heavy (non-hydrogen) atoms. The van der Waals surface area contributed by atoms with Crippen molar-refractivity contribution in [3.63, 3.8) is 0 Å². The number of nitrogen functional groups attached to an aromatic ring is 3. The number of carbonyl (C=O) groups is 1. The molecular formula is C17H19N7O3. The summed E-state index contributed by atoms with van der Waals surface area (Å²) in [6, 6.07) is 7.15. The molecule has 0 spiro atoms. The smallest absolute Gasteiger partial charge is 0.303 e. The number of aliphatic carboxylic acids is 1. The Morgan fingerprint density at radius 3 is 2.41 bits per heavy atom. The van der Waals surface area contributed by atoms with E-state index < -0.39 is 5.97 Å². The summed E-state index contributed by atoms with van der Waals surface area (Å²) in [4.78, 5) is 27.0. The zero-order chi connectivity index (χ0) is 19.4. The fourth-order valence-corrected chi connectivity index (χ4v) is 2.49. The van der Waals surface area contributed by atoms with E-state index >= 15 is 0 Å². The van der Waals surface area contributed by atoms with Crippen LogP contribution >= 0.6 is 0 Å². The number of nitrogens with two attached hydrogens (primary N) is 3. The maximum absolute atomic E-state index is 10.5. The van der Waals surface area contributed by atoms with Crippen LogP contribution < -0.4 is 21.9 Å². The van der Waals surface area contributed by atoms with Gasteiger partial charge >= 0.3 is 5.97 Å². The topological polar surface area (TPSA) is 176 Å². The normalized spacial score (nSPS) is 10.8. The van der Waals surface area contributed by atoms with Gasteiger partial charge in [-0.3, -0.25) is 4.79 Å². The first-order valence-electron chi connectivity index (χ1n) is 8.25. The average molecular weight is 369 g/mol. The van der Waals surface area contributed by atoms with Crippen molar-refractivity contribution in [1.82, 2.24) is 19.9 Å². The number of ether oxygens (including phenoxy) is 1. The summed E-state index contributed by atoms with van der Waals surface area (Å²) in [5.41, 5.74) is 19.2. The van der Waals surface area contributed by atoms with Crippen molar-refractivity contribution >= 4 is 34.7 Å². The number of benzene rings is 1. The average Bonchev–Trinajstić information content (AvgIpc) is 2.61. The van der Waals surface area contributed by atoms with Crippen LogP contribution in [-0.4, -0.2) is 37.6 Å². The molecule has 0 radical (unpaired) electrons. The fourth-order valence-electron chi connectivity index (χ4n) is 2.49. The Bertz CT molecular complexity index is 976. The second kappa shape index (κ2) is 7.68. The summed E-state index contributed by atoms with van der Waals surface area (Å²) >= 11 is 0. The highest BCUT2D eigenvalue weighted by molar-refractivity contribution is 5.87. The van der Waals surface area contributed by atoms with Gasteiger partial charge in [-0.05, 0) is 37.1 Å². The van der Waals surface area contributed by atoms with Crippen molar-refractivity contribution in [2.24, 2.45) is 0 Å². The molecule has 0 atom stereocenters. The van der Waals surface area contributed by atoms with Crippen molar-refractivity contribution in [2.45, 2.75) is 19.3 Å². The quantitative estimate of drug-likeness (QED) is 0.446. The van der Waals surface area contributed by atoms with E-state index in [4.69, 9.17) is 27.0 Å². The molecule has 0 saturated heterocycles. The largest absolute Gasteiger partial charge is 0.494 e. The lowest BCUT2D eigenvalue weighted by molar-refractivity contribution is -0.137. The molecule has 0 saturated carbocycles. The molecule has 1 aromatic carbocycles. The van der Waals surface area contributed by atoms with Crippen molar-refractivity contribution < 1.29 is 14.6 Å². The predicted molar refractivity (Wildman–Crippen MR) is 101 cm³/mol. The van der Waals surface area contributed by atoms with E-state index in [1.165, 1.54) is 0 Å². The minimum absolute atomic E-state index is 0.00584. The third-order valence-electron chi connectivity index (χ3n) is 3.78. The molecule has 0 bridgehead atoms. The number of rotatable bonds is 7. The standard InChI is InChI=1S/C17H19N7O3/c18-14-12(21-13-15(19)23-17(20)24-16(13)22-14)9-4-6-10(7-5-9)27-8-2-1-3-11(25)26/h4-7H,1-3,8H2,(H,25,26)(H6,18,19,20,22,23,24). The van der Waals surface area contributed by atoms with E-state index in [0.29, 0.717) is 36.4 Å². The maximum Gasteiger partial charge on any atom is 0.303 e. The van der Waals surface area contributed by atoms with Crippen molar-refractivity contribution in [3.05, 3.63) is 24.3 Å². The van der Waals surface area contributed by atoms with Crippen LogP contribution in [0.5, 0.6) is 5.75 Å². The van der Waals surface area contributed by atoms with E-state index in [1.54, 1.807) is 24.3 Å². The van der Waals surface area contributed by atoms with Gasteiger partial charge in [-0.2, -0.15) is 9.97 Å². The van der Waals surface area contributed by atoms with Crippen LogP contribution in [0.2, 0.25) is 0 Å². The molecule has 0 aliphatic carbocycles. The summed E-state index contributed by atoms with van der Waals surface area (Å²) in [6.07, 6.45) is 1.38. The first kappa shape index (κ1) is 18.1. The van der Waals surface area contributed by atoms with Crippen molar-refractivity contribution in [1.29, 1.82) is 0 Å². The number of aromatic nitrogens is 4. The summed E-state index contributed by atoms with van der Waals surface area (Å²) in [5.74, 6) is 0.195. The molecule has 3 rings (SSSR count). The highest BCUT2D eigenvalue weighted by atomic mass is 16.5. The summed E-state index contributed by atoms with van der Waals surface area (Å²) in [5, 5.41) is 8.60. The first-order valence-corrected chi connectivity index (χ1v) is 8.25. The highest BCUT2D eigenvalue weighted by Crippen LogP contribution is 2.27. The molecule has 140 valence electrons. The van der Waals surface area contributed by atoms with Gasteiger partial charge in [-0.1, -0.05) is 0 Å². The number of nitrogens with zero attached hydrogens (tertiary/aromatic N) is 4. The Morgan fingerprint density at radius 2 is 1.70 bits per heavy atom. The van der Waals surface area contributed by atoms with Gasteiger partial charge in [0.05, 0.1) is 6.61 Å². The number of hydrogen-bond donors (Lipinski definition) is 4. The molecule has 3 aromatic rings. The monoisotopic (exact) mass is 369 g/mol. The zero-order valence-corrected chi connectivity index (χ0v) is 14.4. The van der Waals surface area contributed by atoms with Crippen LogP contribution in [0.4, 0.5) is 17.6 Å². The molecule has 7 N–H and O–H groups in total. The second-order valence-electron chi connectivity index (χ2n) is 5.82. The highest BCUT2D eigenvalue weighted by Gasteiger charge is 2.13. The Labute approximate surface area is 154 Å². The van der Waals surface area contributed by atoms with Gasteiger partial charge in [0.15, 0.2) is 22.8 Å². The molecular weight excluding hydrogens is 350 g/mol. The Morgan fingerprint density at radius 1 is 0.963 bits per heavy atom. The molecule has 0 aliphatic rings. The van der Waals surface area contributed by atoms with Gasteiger partial charge in [-0.15, -0.1) is 0 Å². The summed E-state index contributed by atoms with van der Waals surface area (Å²) in [6.45, 7) is 0.444. The number of fused-ring (bicyclic) bond motifs is 1. The van der Waals surface area contributed by atoms with Crippen LogP contribution in [0.1, 0.15) is 19.3 Å². The number of hydrogen-bond acceptors (Lipinski definition) is 9. The molecule has 2 heterocycles. The third kappa shape index (κ3) is 4.29. The van der Waals surface area contributed by atoms with Crippen LogP contribution in [0.15, 0.2) is 24.3 Å². The lowest BCUT2D eigenvalue weighted by Gasteiger charge is -2.09. The molecule has 10 nitrogen and oxygen atoms in total. The minimum atomic E-state index is -0.804. The molecule has 2 aromatic heterocycles. The number of carboxylic acids is 1. The van der Waals surface area contributed by atoms with Gasteiger partial charge in [0, 0.05) is 12.0 Å². The fraction of sp³-hybridized carbons (Fsp3) is 0.235. The van der Waals surface area contributed by atoms with E-state index in [-0.39, 0.29) is 29.7 Å². The number of unbranched alkanes of at least 4 members (excludes halogenated alkanes) is 1. The van der Waals surface area contributed by atoms with E-state index in [1.807, 2.05) is 0 Å². The predicted octanol–water partition coefficient (Wildman–Crippen LogP) is 1.47. The van der Waals surface area contributed by atoms with Gasteiger partial charge in [0.2, 0.25) is 5.95 Å². The lowest BCUT2D eigenvalue weighted by Crippen LogP contribution is -2.06. The molecule has 0 unspecified atom stereocenters. The van der Waals surface area contributed by atoms with Gasteiger partial charge < -0.3 is 27.0 Å². The summed E-state index contributed by atoms with van der Waals surface area (Å²) in [7, 11) is 0. The SMILES string of the molecule is Nc1nc(N)c2nc(-c3ccc(OCCCCC(=O)O)cc3)c(N)nc2n1. The van der Waals surface area contributed by atoms with E-state index in [9.17, 15) is 4.79 Å². The molecule has 0 aliphatic heterocycles. The van der Waals surface area contributed by atoms with Crippen LogP contribution in [0.25, 0.3) is 22.4 Å². The third-order valence-corrected chi connectivity index (χ3v) is 3.78. The van der Waals surface area contributed by atoms with Crippen LogP contribution in [0, 0.1) is 0 Å². The molecule has 0 fully saturated rings. The van der Waals surface area contributed by atoms with Crippen LogP contribution in [0.3, 0.4) is 0 Å².